The van der Waals surface area contributed by atoms with Gasteiger partial charge in [0.2, 0.25) is 0 Å². The summed E-state index contributed by atoms with van der Waals surface area (Å²) in [5.41, 5.74) is 5.84. The van der Waals surface area contributed by atoms with Crippen LogP contribution in [-0.2, 0) is 10.8 Å². The van der Waals surface area contributed by atoms with Gasteiger partial charge in [0, 0.05) is 0 Å². The third kappa shape index (κ3) is 2.79. The van der Waals surface area contributed by atoms with Crippen molar-refractivity contribution in [3.05, 3.63) is 34.9 Å². The monoisotopic (exact) mass is 284 g/mol. The maximum atomic E-state index is 2.55. The fraction of sp³-hybridized carbons (Fsp3) is 0.714. The highest BCUT2D eigenvalue weighted by Crippen LogP contribution is 2.48. The molecule has 116 valence electrons. The van der Waals surface area contributed by atoms with Crippen molar-refractivity contribution in [1.29, 1.82) is 0 Å². The molecule has 2 saturated carbocycles. The van der Waals surface area contributed by atoms with E-state index in [0.717, 1.165) is 0 Å². The summed E-state index contributed by atoms with van der Waals surface area (Å²) in [6.45, 7) is 7.44. The zero-order chi connectivity index (χ0) is 14.9. The van der Waals surface area contributed by atoms with E-state index in [0.29, 0.717) is 10.8 Å². The van der Waals surface area contributed by atoms with Crippen molar-refractivity contribution in [3.63, 3.8) is 0 Å². The Hall–Kier alpha value is -0.780. The summed E-state index contributed by atoms with van der Waals surface area (Å²) in [7, 11) is 0. The minimum atomic E-state index is 0.430. The number of benzene rings is 1. The quantitative estimate of drug-likeness (QED) is 0.586. The summed E-state index contributed by atoms with van der Waals surface area (Å²) in [4.78, 5) is 0. The molecule has 0 aromatic heterocycles. The molecule has 0 spiro atoms. The van der Waals surface area contributed by atoms with Crippen LogP contribution >= 0.6 is 0 Å². The summed E-state index contributed by atoms with van der Waals surface area (Å²) in [6, 6.07) is 7.12. The lowest BCUT2D eigenvalue weighted by atomic mass is 9.62. The molecule has 0 aliphatic heterocycles. The first-order chi connectivity index (χ1) is 10.1. The Kier molecular flexibility index (Phi) is 4.17. The predicted molar refractivity (Wildman–Crippen MR) is 92.1 cm³/mol. The lowest BCUT2D eigenvalue weighted by molar-refractivity contribution is 0.288. The third-order valence-electron chi connectivity index (χ3n) is 6.44. The van der Waals surface area contributed by atoms with Crippen LogP contribution in [0.2, 0.25) is 0 Å². The number of aryl methyl sites for hydroxylation is 1. The van der Waals surface area contributed by atoms with Crippen LogP contribution in [-0.4, -0.2) is 0 Å². The molecule has 0 unspecified atom stereocenters. The molecule has 0 atom stereocenters. The highest BCUT2D eigenvalue weighted by atomic mass is 14.4. The zero-order valence-electron chi connectivity index (χ0n) is 14.3. The number of hydrogen-bond donors (Lipinski definition) is 0. The first kappa shape index (κ1) is 15.1. The van der Waals surface area contributed by atoms with Crippen molar-refractivity contribution in [1.82, 2.24) is 0 Å². The molecule has 2 fully saturated rings. The Bertz CT molecular complexity index is 485. The van der Waals surface area contributed by atoms with Gasteiger partial charge in [0.15, 0.2) is 0 Å². The van der Waals surface area contributed by atoms with Crippen molar-refractivity contribution in [3.8, 4) is 0 Å². The van der Waals surface area contributed by atoms with Gasteiger partial charge in [-0.25, -0.2) is 0 Å². The second-order valence-corrected chi connectivity index (χ2v) is 8.24. The fourth-order valence-corrected chi connectivity index (χ4v) is 5.16. The fourth-order valence-electron chi connectivity index (χ4n) is 5.16. The average Bonchev–Trinajstić information content (AvgIpc) is 2.48. The van der Waals surface area contributed by atoms with Gasteiger partial charge in [-0.3, -0.25) is 0 Å². The van der Waals surface area contributed by atoms with Gasteiger partial charge in [-0.2, -0.15) is 0 Å². The van der Waals surface area contributed by atoms with Crippen LogP contribution < -0.4 is 0 Å². The molecule has 1 aromatic carbocycles. The van der Waals surface area contributed by atoms with Gasteiger partial charge < -0.3 is 0 Å². The van der Waals surface area contributed by atoms with Gasteiger partial charge in [0.25, 0.3) is 0 Å². The molecule has 0 saturated heterocycles. The SMILES string of the molecule is Cc1cccc(C2(C)CCCCC2)c1C1(C)CCCCC1. The van der Waals surface area contributed by atoms with Crippen molar-refractivity contribution in [2.24, 2.45) is 0 Å². The van der Waals surface area contributed by atoms with E-state index in [1.807, 2.05) is 0 Å². The average molecular weight is 284 g/mol. The first-order valence-corrected chi connectivity index (χ1v) is 9.16. The maximum Gasteiger partial charge on any atom is -0.00697 e. The molecular weight excluding hydrogens is 252 g/mol. The lowest BCUT2D eigenvalue weighted by Gasteiger charge is -2.43. The third-order valence-corrected chi connectivity index (χ3v) is 6.44. The van der Waals surface area contributed by atoms with E-state index in [1.54, 1.807) is 16.7 Å². The molecule has 1 aromatic rings. The molecule has 0 N–H and O–H groups in total. The Labute approximate surface area is 131 Å². The Morgan fingerprint density at radius 3 is 1.81 bits per heavy atom. The van der Waals surface area contributed by atoms with Gasteiger partial charge in [0.05, 0.1) is 0 Å². The molecular formula is C21H32. The molecule has 0 bridgehead atoms. The van der Waals surface area contributed by atoms with Gasteiger partial charge in [-0.15, -0.1) is 0 Å². The minimum Gasteiger partial charge on any atom is -0.0617 e. The van der Waals surface area contributed by atoms with Crippen LogP contribution in [0.15, 0.2) is 18.2 Å². The van der Waals surface area contributed by atoms with Crippen LogP contribution in [0, 0.1) is 6.92 Å². The summed E-state index contributed by atoms with van der Waals surface area (Å²) in [5, 5.41) is 0. The van der Waals surface area contributed by atoms with E-state index in [2.05, 4.69) is 39.0 Å². The van der Waals surface area contributed by atoms with E-state index >= 15 is 0 Å². The number of rotatable bonds is 2. The summed E-state index contributed by atoms with van der Waals surface area (Å²) in [6.07, 6.45) is 14.1. The second-order valence-electron chi connectivity index (χ2n) is 8.24. The maximum absolute atomic E-state index is 2.55. The second kappa shape index (κ2) is 5.78. The van der Waals surface area contributed by atoms with Crippen LogP contribution in [0.3, 0.4) is 0 Å². The Morgan fingerprint density at radius 2 is 1.24 bits per heavy atom. The summed E-state index contributed by atoms with van der Waals surface area (Å²) >= 11 is 0. The largest absolute Gasteiger partial charge is 0.0617 e. The van der Waals surface area contributed by atoms with Crippen LogP contribution in [0.4, 0.5) is 0 Å². The summed E-state index contributed by atoms with van der Waals surface area (Å²) in [5.74, 6) is 0. The molecule has 0 radical (unpaired) electrons. The Balaban J connectivity index is 2.07. The normalized spacial score (nSPS) is 24.7. The molecule has 2 aliphatic rings. The molecule has 3 rings (SSSR count). The molecule has 0 heterocycles. The lowest BCUT2D eigenvalue weighted by Crippen LogP contribution is -2.33. The van der Waals surface area contributed by atoms with E-state index in [4.69, 9.17) is 0 Å². The van der Waals surface area contributed by atoms with Crippen molar-refractivity contribution in [2.75, 3.05) is 0 Å². The summed E-state index contributed by atoms with van der Waals surface area (Å²) < 4.78 is 0. The zero-order valence-corrected chi connectivity index (χ0v) is 14.3. The van der Waals surface area contributed by atoms with Crippen molar-refractivity contribution in [2.45, 2.75) is 95.8 Å². The Morgan fingerprint density at radius 1 is 0.714 bits per heavy atom. The smallest absolute Gasteiger partial charge is 0.00697 e. The minimum absolute atomic E-state index is 0.430. The molecule has 21 heavy (non-hydrogen) atoms. The van der Waals surface area contributed by atoms with Crippen LogP contribution in [0.1, 0.15) is 94.7 Å². The molecule has 0 heteroatoms. The highest BCUT2D eigenvalue weighted by Gasteiger charge is 2.38. The predicted octanol–water partition coefficient (Wildman–Crippen LogP) is 6.44. The topological polar surface area (TPSA) is 0 Å². The van der Waals surface area contributed by atoms with Gasteiger partial charge in [0.1, 0.15) is 0 Å². The van der Waals surface area contributed by atoms with Crippen LogP contribution in [0.5, 0.6) is 0 Å². The highest BCUT2D eigenvalue weighted by molar-refractivity contribution is 5.45. The van der Waals surface area contributed by atoms with E-state index in [-0.39, 0.29) is 0 Å². The van der Waals surface area contributed by atoms with E-state index in [1.165, 1.54) is 64.2 Å². The van der Waals surface area contributed by atoms with E-state index in [9.17, 15) is 0 Å². The molecule has 0 amide bonds. The number of hydrogen-bond acceptors (Lipinski definition) is 0. The van der Waals surface area contributed by atoms with Crippen molar-refractivity contribution < 1.29 is 0 Å². The molecule has 2 aliphatic carbocycles. The van der Waals surface area contributed by atoms with Gasteiger partial charge >= 0.3 is 0 Å². The van der Waals surface area contributed by atoms with Gasteiger partial charge in [-0.1, -0.05) is 70.6 Å². The van der Waals surface area contributed by atoms with E-state index < -0.39 is 0 Å². The van der Waals surface area contributed by atoms with Gasteiger partial charge in [-0.05, 0) is 60.1 Å². The van der Waals surface area contributed by atoms with Crippen molar-refractivity contribution >= 4 is 0 Å². The standard InChI is InChI=1S/C21H32/c1-17-11-10-12-18(20(2)13-6-4-7-14-20)19(17)21(3)15-8-5-9-16-21/h10-12H,4-9,13-16H2,1-3H3. The first-order valence-electron chi connectivity index (χ1n) is 9.16. The van der Waals surface area contributed by atoms with Crippen LogP contribution in [0.25, 0.3) is 0 Å². The molecule has 0 nitrogen and oxygen atoms in total.